The van der Waals surface area contributed by atoms with E-state index in [-0.39, 0.29) is 5.69 Å². The van der Waals surface area contributed by atoms with Gasteiger partial charge in [0.25, 0.3) is 0 Å². The Labute approximate surface area is 152 Å². The number of carbonyl (C=O) groups excluding carboxylic acids is 1. The van der Waals surface area contributed by atoms with Crippen molar-refractivity contribution < 1.29 is 19.0 Å². The van der Waals surface area contributed by atoms with E-state index < -0.39 is 5.97 Å². The number of carbonyl (C=O) groups is 1. The summed E-state index contributed by atoms with van der Waals surface area (Å²) in [6.45, 7) is 4.27. The smallest absolute Gasteiger partial charge is 0.357 e. The van der Waals surface area contributed by atoms with Crippen LogP contribution in [0.15, 0.2) is 6.07 Å². The molecule has 2 aromatic heterocycles. The maximum atomic E-state index is 12.2. The van der Waals surface area contributed by atoms with Gasteiger partial charge in [0.05, 0.1) is 24.3 Å². The average molecular weight is 359 g/mol. The average Bonchev–Trinajstić information content (AvgIpc) is 3.03. The Kier molecular flexibility index (Phi) is 5.06. The Morgan fingerprint density at radius 2 is 2.12 bits per heavy atom. The van der Waals surface area contributed by atoms with Gasteiger partial charge in [-0.05, 0) is 38.5 Å². The fourth-order valence-corrected chi connectivity index (χ4v) is 3.55. The molecule has 0 unspecified atom stereocenters. The number of hydrogen-bond donors (Lipinski definition) is 1. The standard InChI is InChI=1S/C19H25N3O4/c1-2-25-19(23)14-10-15(26-11-12-6-8-24-9-7-12)16-17(13-4-3-5-13)21-22-18(16)20-14/h10,12-13H,2-9,11H2,1H3,(H,20,21,22). The molecule has 3 heterocycles. The second kappa shape index (κ2) is 7.61. The first-order valence-electron chi connectivity index (χ1n) is 9.53. The van der Waals surface area contributed by atoms with Gasteiger partial charge >= 0.3 is 5.97 Å². The van der Waals surface area contributed by atoms with Crippen molar-refractivity contribution >= 4 is 17.0 Å². The molecule has 1 aliphatic carbocycles. The minimum Gasteiger partial charge on any atom is -0.492 e. The third-order valence-corrected chi connectivity index (χ3v) is 5.33. The van der Waals surface area contributed by atoms with Crippen molar-refractivity contribution in [2.45, 2.75) is 44.9 Å². The van der Waals surface area contributed by atoms with E-state index in [0.29, 0.717) is 36.4 Å². The highest BCUT2D eigenvalue weighted by atomic mass is 16.5. The van der Waals surface area contributed by atoms with E-state index in [1.54, 1.807) is 13.0 Å². The summed E-state index contributed by atoms with van der Waals surface area (Å²) < 4.78 is 16.7. The highest BCUT2D eigenvalue weighted by molar-refractivity contribution is 5.94. The highest BCUT2D eigenvalue weighted by Crippen LogP contribution is 2.41. The molecule has 7 nitrogen and oxygen atoms in total. The molecule has 1 saturated carbocycles. The Bertz CT molecular complexity index is 778. The van der Waals surface area contributed by atoms with Crippen molar-refractivity contribution in [1.82, 2.24) is 15.2 Å². The lowest BCUT2D eigenvalue weighted by atomic mass is 9.82. The molecule has 0 amide bonds. The Morgan fingerprint density at radius 1 is 1.31 bits per heavy atom. The second-order valence-electron chi connectivity index (χ2n) is 7.06. The summed E-state index contributed by atoms with van der Waals surface area (Å²) in [4.78, 5) is 16.6. The maximum Gasteiger partial charge on any atom is 0.357 e. The summed E-state index contributed by atoms with van der Waals surface area (Å²) in [6, 6.07) is 1.71. The highest BCUT2D eigenvalue weighted by Gasteiger charge is 2.27. The SMILES string of the molecule is CCOC(=O)c1cc(OCC2CCOCC2)c2c(C3CCC3)[nH]nc2n1. The second-order valence-corrected chi connectivity index (χ2v) is 7.06. The van der Waals surface area contributed by atoms with Crippen LogP contribution in [-0.2, 0) is 9.47 Å². The van der Waals surface area contributed by atoms with E-state index in [1.165, 1.54) is 6.42 Å². The number of rotatable bonds is 6. The van der Waals surface area contributed by atoms with E-state index in [1.807, 2.05) is 0 Å². The molecular formula is C19H25N3O4. The summed E-state index contributed by atoms with van der Waals surface area (Å²) in [6.07, 6.45) is 5.53. The van der Waals surface area contributed by atoms with E-state index in [4.69, 9.17) is 14.2 Å². The molecule has 2 aromatic rings. The van der Waals surface area contributed by atoms with E-state index in [2.05, 4.69) is 15.2 Å². The van der Waals surface area contributed by atoms with Crippen molar-refractivity contribution in [2.75, 3.05) is 26.4 Å². The molecular weight excluding hydrogens is 334 g/mol. The normalized spacial score (nSPS) is 18.7. The Hall–Kier alpha value is -2.15. The number of esters is 1. The predicted molar refractivity (Wildman–Crippen MR) is 95.5 cm³/mol. The van der Waals surface area contributed by atoms with Crippen molar-refractivity contribution in [2.24, 2.45) is 5.92 Å². The molecule has 0 atom stereocenters. The molecule has 0 radical (unpaired) electrons. The van der Waals surface area contributed by atoms with Gasteiger partial charge < -0.3 is 14.2 Å². The van der Waals surface area contributed by atoms with Crippen LogP contribution in [0.3, 0.4) is 0 Å². The lowest BCUT2D eigenvalue weighted by Gasteiger charge is -2.25. The molecule has 1 aliphatic heterocycles. The largest absolute Gasteiger partial charge is 0.492 e. The van der Waals surface area contributed by atoms with Crippen molar-refractivity contribution in [3.8, 4) is 5.75 Å². The number of pyridine rings is 1. The van der Waals surface area contributed by atoms with Crippen LogP contribution in [0.1, 0.15) is 61.1 Å². The lowest BCUT2D eigenvalue weighted by Crippen LogP contribution is -2.21. The summed E-state index contributed by atoms with van der Waals surface area (Å²) >= 11 is 0. The molecule has 1 saturated heterocycles. The van der Waals surface area contributed by atoms with Gasteiger partial charge in [-0.1, -0.05) is 6.42 Å². The van der Waals surface area contributed by atoms with Crippen LogP contribution in [0.4, 0.5) is 0 Å². The first-order valence-corrected chi connectivity index (χ1v) is 9.53. The number of nitrogens with one attached hydrogen (secondary N) is 1. The topological polar surface area (TPSA) is 86.3 Å². The number of fused-ring (bicyclic) bond motifs is 1. The van der Waals surface area contributed by atoms with Crippen molar-refractivity contribution in [1.29, 1.82) is 0 Å². The van der Waals surface area contributed by atoms with Crippen LogP contribution in [0.5, 0.6) is 5.75 Å². The Balaban J connectivity index is 1.65. The van der Waals surface area contributed by atoms with Gasteiger partial charge in [0.1, 0.15) is 5.75 Å². The number of nitrogens with zero attached hydrogens (tertiary/aromatic N) is 2. The van der Waals surface area contributed by atoms with E-state index >= 15 is 0 Å². The first-order chi connectivity index (χ1) is 12.8. The zero-order chi connectivity index (χ0) is 17.9. The minimum atomic E-state index is -0.446. The fraction of sp³-hybridized carbons (Fsp3) is 0.632. The number of aromatic nitrogens is 3. The number of aromatic amines is 1. The molecule has 7 heteroatoms. The first kappa shape index (κ1) is 17.3. The zero-order valence-electron chi connectivity index (χ0n) is 15.1. The van der Waals surface area contributed by atoms with Gasteiger partial charge in [0.2, 0.25) is 0 Å². The fourth-order valence-electron chi connectivity index (χ4n) is 3.55. The van der Waals surface area contributed by atoms with Gasteiger partial charge in [-0.25, -0.2) is 9.78 Å². The lowest BCUT2D eigenvalue weighted by molar-refractivity contribution is 0.0496. The van der Waals surface area contributed by atoms with Gasteiger partial charge in [0, 0.05) is 25.2 Å². The minimum absolute atomic E-state index is 0.244. The summed E-state index contributed by atoms with van der Waals surface area (Å²) in [7, 11) is 0. The quantitative estimate of drug-likeness (QED) is 0.797. The summed E-state index contributed by atoms with van der Waals surface area (Å²) in [5.41, 5.74) is 1.85. The van der Waals surface area contributed by atoms with Crippen molar-refractivity contribution in [3.05, 3.63) is 17.5 Å². The third-order valence-electron chi connectivity index (χ3n) is 5.33. The Morgan fingerprint density at radius 3 is 2.81 bits per heavy atom. The number of H-pyrrole nitrogens is 1. The third kappa shape index (κ3) is 3.40. The monoisotopic (exact) mass is 359 g/mol. The number of hydrogen-bond acceptors (Lipinski definition) is 6. The van der Waals surface area contributed by atoms with Crippen molar-refractivity contribution in [3.63, 3.8) is 0 Å². The van der Waals surface area contributed by atoms with E-state index in [9.17, 15) is 4.79 Å². The van der Waals surface area contributed by atoms with Crippen LogP contribution in [0.2, 0.25) is 0 Å². The summed E-state index contributed by atoms with van der Waals surface area (Å²) in [5, 5.41) is 8.38. The molecule has 2 aliphatic rings. The molecule has 0 spiro atoms. The molecule has 4 rings (SSSR count). The summed E-state index contributed by atoms with van der Waals surface area (Å²) in [5.74, 6) is 1.18. The molecule has 0 aromatic carbocycles. The maximum absolute atomic E-state index is 12.2. The number of ether oxygens (including phenoxy) is 3. The van der Waals surface area contributed by atoms with E-state index in [0.717, 1.165) is 50.0 Å². The molecule has 140 valence electrons. The van der Waals surface area contributed by atoms with Crippen LogP contribution >= 0.6 is 0 Å². The van der Waals surface area contributed by atoms with Crippen LogP contribution in [0.25, 0.3) is 11.0 Å². The van der Waals surface area contributed by atoms with Gasteiger partial charge in [-0.3, -0.25) is 5.10 Å². The van der Waals surface area contributed by atoms with Crippen LogP contribution in [0, 0.1) is 5.92 Å². The molecule has 1 N–H and O–H groups in total. The molecule has 2 fully saturated rings. The van der Waals surface area contributed by atoms with Crippen LogP contribution < -0.4 is 4.74 Å². The van der Waals surface area contributed by atoms with Gasteiger partial charge in [-0.2, -0.15) is 5.10 Å². The predicted octanol–water partition coefficient (Wildman–Crippen LogP) is 3.21. The van der Waals surface area contributed by atoms with Gasteiger partial charge in [-0.15, -0.1) is 0 Å². The van der Waals surface area contributed by atoms with Crippen LogP contribution in [-0.4, -0.2) is 47.6 Å². The van der Waals surface area contributed by atoms with Gasteiger partial charge in [0.15, 0.2) is 11.3 Å². The molecule has 26 heavy (non-hydrogen) atoms. The molecule has 0 bridgehead atoms. The zero-order valence-corrected chi connectivity index (χ0v) is 15.1.